The van der Waals surface area contributed by atoms with Crippen LogP contribution in [0.3, 0.4) is 0 Å². The van der Waals surface area contributed by atoms with Crippen molar-refractivity contribution in [1.29, 1.82) is 0 Å². The predicted molar refractivity (Wildman–Crippen MR) is 119 cm³/mol. The van der Waals surface area contributed by atoms with E-state index >= 15 is 0 Å². The Labute approximate surface area is 180 Å². The summed E-state index contributed by atoms with van der Waals surface area (Å²) in [7, 11) is 0. The monoisotopic (exact) mass is 412 g/mol. The third-order valence-electron chi connectivity index (χ3n) is 7.13. The normalized spacial score (nSPS) is 29.3. The van der Waals surface area contributed by atoms with E-state index in [2.05, 4.69) is 20.4 Å². The summed E-state index contributed by atoms with van der Waals surface area (Å²) < 4.78 is 0. The number of nitrogens with zero attached hydrogens (tertiary/aromatic N) is 2. The summed E-state index contributed by atoms with van der Waals surface area (Å²) in [5.74, 6) is 1.36. The second kappa shape index (κ2) is 9.48. The van der Waals surface area contributed by atoms with Crippen molar-refractivity contribution in [3.63, 3.8) is 0 Å². The smallest absolute Gasteiger partial charge is 0.238 e. The van der Waals surface area contributed by atoms with Crippen molar-refractivity contribution in [3.05, 3.63) is 30.3 Å². The Kier molecular flexibility index (Phi) is 6.74. The second-order valence-electron chi connectivity index (χ2n) is 9.63. The number of anilines is 1. The first-order valence-corrected chi connectivity index (χ1v) is 11.6. The molecule has 2 bridgehead atoms. The average molecular weight is 413 g/mol. The van der Waals surface area contributed by atoms with E-state index in [1.807, 2.05) is 44.2 Å². The molecule has 0 aliphatic carbocycles. The van der Waals surface area contributed by atoms with Crippen LogP contribution in [0.15, 0.2) is 30.3 Å². The van der Waals surface area contributed by atoms with E-state index in [-0.39, 0.29) is 17.7 Å². The molecule has 1 aromatic rings. The Balaban J connectivity index is 1.41. The van der Waals surface area contributed by atoms with E-state index in [1.165, 1.54) is 25.7 Å². The maximum Gasteiger partial charge on any atom is 0.238 e. The molecule has 4 rings (SSSR count). The zero-order valence-corrected chi connectivity index (χ0v) is 18.3. The lowest BCUT2D eigenvalue weighted by atomic mass is 9.72. The first-order chi connectivity index (χ1) is 14.5. The lowest BCUT2D eigenvalue weighted by molar-refractivity contribution is -0.125. The van der Waals surface area contributed by atoms with Crippen LogP contribution in [0.4, 0.5) is 5.69 Å². The third-order valence-corrected chi connectivity index (χ3v) is 7.13. The van der Waals surface area contributed by atoms with Gasteiger partial charge in [0.15, 0.2) is 0 Å². The lowest BCUT2D eigenvalue weighted by Gasteiger charge is -2.56. The van der Waals surface area contributed by atoms with E-state index < -0.39 is 0 Å². The molecule has 0 aromatic heterocycles. The molecule has 6 nitrogen and oxygen atoms in total. The van der Waals surface area contributed by atoms with Crippen molar-refractivity contribution < 1.29 is 9.59 Å². The zero-order chi connectivity index (χ0) is 21.1. The molecule has 164 valence electrons. The first-order valence-electron chi connectivity index (χ1n) is 11.6. The van der Waals surface area contributed by atoms with Gasteiger partial charge in [-0.3, -0.25) is 19.4 Å². The highest BCUT2D eigenvalue weighted by Gasteiger charge is 2.47. The molecular weight excluding hydrogens is 376 g/mol. The SMILES string of the molecule is CC(C)C(=O)NC[C@H]1[C@H]2C[C@H](CN(CC(=O)Nc3ccccc3)C2)[C@@H]2CCCCN21. The average Bonchev–Trinajstić information content (AvgIpc) is 2.74. The number of amides is 2. The fourth-order valence-electron chi connectivity index (χ4n) is 5.75. The second-order valence-corrected chi connectivity index (χ2v) is 9.63. The van der Waals surface area contributed by atoms with Gasteiger partial charge >= 0.3 is 0 Å². The minimum Gasteiger partial charge on any atom is -0.354 e. The zero-order valence-electron chi connectivity index (χ0n) is 18.3. The van der Waals surface area contributed by atoms with Crippen LogP contribution in [0.25, 0.3) is 0 Å². The Morgan fingerprint density at radius 3 is 2.63 bits per heavy atom. The number of benzene rings is 1. The van der Waals surface area contributed by atoms with Crippen LogP contribution >= 0.6 is 0 Å². The molecule has 3 heterocycles. The van der Waals surface area contributed by atoms with Crippen molar-refractivity contribution in [2.24, 2.45) is 17.8 Å². The van der Waals surface area contributed by atoms with Gasteiger partial charge in [-0.25, -0.2) is 0 Å². The number of para-hydroxylation sites is 1. The van der Waals surface area contributed by atoms with Crippen LogP contribution < -0.4 is 10.6 Å². The van der Waals surface area contributed by atoms with Crippen molar-refractivity contribution in [3.8, 4) is 0 Å². The number of rotatable bonds is 6. The topological polar surface area (TPSA) is 64.7 Å². The minimum atomic E-state index is 0.0167. The molecule has 1 aromatic carbocycles. The number of fused-ring (bicyclic) bond motifs is 4. The van der Waals surface area contributed by atoms with Crippen LogP contribution in [0.1, 0.15) is 39.5 Å². The molecule has 6 heteroatoms. The van der Waals surface area contributed by atoms with Crippen LogP contribution in [-0.4, -0.2) is 66.4 Å². The molecule has 0 radical (unpaired) electrons. The molecule has 2 amide bonds. The third kappa shape index (κ3) is 4.86. The van der Waals surface area contributed by atoms with Gasteiger partial charge in [-0.1, -0.05) is 38.5 Å². The molecule has 3 fully saturated rings. The molecule has 3 saturated heterocycles. The molecule has 0 unspecified atom stereocenters. The van der Waals surface area contributed by atoms with E-state index in [0.717, 1.165) is 31.9 Å². The van der Waals surface area contributed by atoms with Crippen LogP contribution in [0, 0.1) is 17.8 Å². The molecular formula is C24H36N4O2. The standard InChI is InChI=1S/C24H36N4O2/c1-17(2)24(30)25-13-22-19-12-18(21-10-6-7-11-28(21)22)14-27(15-19)16-23(29)26-20-8-4-3-5-9-20/h3-5,8-9,17-19,21-22H,6-7,10-16H2,1-2H3,(H,25,30)(H,26,29)/t18-,19+,21+,22+/m1/s1. The fraction of sp³-hybridized carbons (Fsp3) is 0.667. The summed E-state index contributed by atoms with van der Waals surface area (Å²) >= 11 is 0. The van der Waals surface area contributed by atoms with Crippen LogP contribution in [-0.2, 0) is 9.59 Å². The molecule has 2 N–H and O–H groups in total. The highest BCUT2D eigenvalue weighted by molar-refractivity contribution is 5.92. The van der Waals surface area contributed by atoms with Crippen molar-refractivity contribution in [2.75, 3.05) is 38.0 Å². The molecule has 4 atom stereocenters. The number of carbonyl (C=O) groups is 2. The van der Waals surface area contributed by atoms with Gasteiger partial charge in [0.1, 0.15) is 0 Å². The summed E-state index contributed by atoms with van der Waals surface area (Å²) in [6.07, 6.45) is 5.02. The van der Waals surface area contributed by atoms with E-state index in [0.29, 0.717) is 30.5 Å². The van der Waals surface area contributed by atoms with Gasteiger partial charge in [0, 0.05) is 43.3 Å². The Morgan fingerprint density at radius 2 is 1.87 bits per heavy atom. The number of piperidine rings is 3. The van der Waals surface area contributed by atoms with E-state index in [4.69, 9.17) is 0 Å². The molecule has 0 spiro atoms. The van der Waals surface area contributed by atoms with E-state index in [1.54, 1.807) is 0 Å². The number of likely N-dealkylation sites (tertiary alicyclic amines) is 1. The van der Waals surface area contributed by atoms with Crippen molar-refractivity contribution in [2.45, 2.75) is 51.6 Å². The van der Waals surface area contributed by atoms with Crippen molar-refractivity contribution >= 4 is 17.5 Å². The van der Waals surface area contributed by atoms with Crippen LogP contribution in [0.5, 0.6) is 0 Å². The number of carbonyl (C=O) groups excluding carboxylic acids is 2. The largest absolute Gasteiger partial charge is 0.354 e. The number of nitrogens with one attached hydrogen (secondary N) is 2. The minimum absolute atomic E-state index is 0.0167. The van der Waals surface area contributed by atoms with Gasteiger partial charge in [-0.2, -0.15) is 0 Å². The van der Waals surface area contributed by atoms with Gasteiger partial charge in [-0.05, 0) is 49.8 Å². The van der Waals surface area contributed by atoms with E-state index in [9.17, 15) is 9.59 Å². The summed E-state index contributed by atoms with van der Waals surface area (Å²) in [6, 6.07) is 10.7. The Morgan fingerprint density at radius 1 is 1.10 bits per heavy atom. The summed E-state index contributed by atoms with van der Waals surface area (Å²) in [5.41, 5.74) is 0.854. The molecule has 3 aliphatic heterocycles. The lowest BCUT2D eigenvalue weighted by Crippen LogP contribution is -2.66. The summed E-state index contributed by atoms with van der Waals surface area (Å²) in [5, 5.41) is 6.22. The first kappa shape index (κ1) is 21.3. The van der Waals surface area contributed by atoms with Gasteiger partial charge in [0.25, 0.3) is 0 Å². The molecule has 0 saturated carbocycles. The fourth-order valence-corrected chi connectivity index (χ4v) is 5.75. The maximum atomic E-state index is 12.6. The van der Waals surface area contributed by atoms with Gasteiger partial charge in [0.05, 0.1) is 6.54 Å². The van der Waals surface area contributed by atoms with Crippen LogP contribution in [0.2, 0.25) is 0 Å². The van der Waals surface area contributed by atoms with Gasteiger partial charge in [-0.15, -0.1) is 0 Å². The Bertz CT molecular complexity index is 738. The quantitative estimate of drug-likeness (QED) is 0.754. The molecule has 30 heavy (non-hydrogen) atoms. The highest BCUT2D eigenvalue weighted by atomic mass is 16.2. The van der Waals surface area contributed by atoms with Gasteiger partial charge in [0.2, 0.25) is 11.8 Å². The number of hydrogen-bond donors (Lipinski definition) is 2. The van der Waals surface area contributed by atoms with Gasteiger partial charge < -0.3 is 10.6 Å². The summed E-state index contributed by atoms with van der Waals surface area (Å²) in [6.45, 7) is 8.16. The number of hydrogen-bond acceptors (Lipinski definition) is 4. The highest BCUT2D eigenvalue weighted by Crippen LogP contribution is 2.40. The molecule has 3 aliphatic rings. The maximum absolute atomic E-state index is 12.6. The Hall–Kier alpha value is -1.92. The van der Waals surface area contributed by atoms with Crippen molar-refractivity contribution in [1.82, 2.24) is 15.1 Å². The predicted octanol–water partition coefficient (Wildman–Crippen LogP) is 2.57. The summed E-state index contributed by atoms with van der Waals surface area (Å²) in [4.78, 5) is 29.9.